The highest BCUT2D eigenvalue weighted by molar-refractivity contribution is 7.99. The van der Waals surface area contributed by atoms with Gasteiger partial charge in [0.1, 0.15) is 0 Å². The lowest BCUT2D eigenvalue weighted by Gasteiger charge is -2.07. The van der Waals surface area contributed by atoms with E-state index in [1.807, 2.05) is 0 Å². The van der Waals surface area contributed by atoms with E-state index in [2.05, 4.69) is 28.2 Å². The van der Waals surface area contributed by atoms with E-state index in [4.69, 9.17) is 0 Å². The summed E-state index contributed by atoms with van der Waals surface area (Å²) in [5, 5.41) is 6.15. The molecule has 0 aliphatic heterocycles. The fourth-order valence-corrected chi connectivity index (χ4v) is 1.81. The van der Waals surface area contributed by atoms with Crippen molar-refractivity contribution in [3.05, 3.63) is 11.1 Å². The minimum absolute atomic E-state index is 0.363. The van der Waals surface area contributed by atoms with Crippen LogP contribution in [0, 0.1) is 0 Å². The Kier molecular flexibility index (Phi) is 4.90. The number of anilines is 1. The SMILES string of the molecule is COC(=O)c1csc(NCC(C)SC)n1. The van der Waals surface area contributed by atoms with Crippen molar-refractivity contribution in [1.29, 1.82) is 0 Å². The summed E-state index contributed by atoms with van der Waals surface area (Å²) in [6.45, 7) is 2.97. The van der Waals surface area contributed by atoms with Gasteiger partial charge in [-0.15, -0.1) is 11.3 Å². The van der Waals surface area contributed by atoms with Crippen LogP contribution in [0.1, 0.15) is 17.4 Å². The molecule has 1 atom stereocenters. The topological polar surface area (TPSA) is 51.2 Å². The molecule has 1 aromatic rings. The van der Waals surface area contributed by atoms with Crippen LogP contribution in [0.25, 0.3) is 0 Å². The number of thioether (sulfide) groups is 1. The number of nitrogens with one attached hydrogen (secondary N) is 1. The van der Waals surface area contributed by atoms with Gasteiger partial charge in [-0.1, -0.05) is 6.92 Å². The highest BCUT2D eigenvalue weighted by atomic mass is 32.2. The molecule has 0 saturated heterocycles. The molecule has 4 nitrogen and oxygen atoms in total. The molecule has 84 valence electrons. The van der Waals surface area contributed by atoms with E-state index in [9.17, 15) is 4.79 Å². The zero-order valence-electron chi connectivity index (χ0n) is 8.94. The molecule has 0 fully saturated rings. The third-order valence-electron chi connectivity index (χ3n) is 1.84. The molecule has 0 aromatic carbocycles. The molecular weight excluding hydrogens is 232 g/mol. The van der Waals surface area contributed by atoms with Crippen molar-refractivity contribution in [2.45, 2.75) is 12.2 Å². The van der Waals surface area contributed by atoms with Gasteiger partial charge in [0.05, 0.1) is 7.11 Å². The van der Waals surface area contributed by atoms with Gasteiger partial charge in [-0.05, 0) is 6.26 Å². The lowest BCUT2D eigenvalue weighted by molar-refractivity contribution is 0.0595. The number of nitrogens with zero attached hydrogens (tertiary/aromatic N) is 1. The van der Waals surface area contributed by atoms with Gasteiger partial charge in [-0.2, -0.15) is 11.8 Å². The fraction of sp³-hybridized carbons (Fsp3) is 0.556. The van der Waals surface area contributed by atoms with Crippen molar-refractivity contribution >= 4 is 34.2 Å². The summed E-state index contributed by atoms with van der Waals surface area (Å²) in [5.74, 6) is -0.391. The number of hydrogen-bond acceptors (Lipinski definition) is 6. The first-order chi connectivity index (χ1) is 7.17. The molecule has 1 heterocycles. The molecule has 15 heavy (non-hydrogen) atoms. The van der Waals surface area contributed by atoms with Crippen LogP contribution < -0.4 is 5.32 Å². The van der Waals surface area contributed by atoms with Crippen LogP contribution in [0.4, 0.5) is 5.13 Å². The van der Waals surface area contributed by atoms with Gasteiger partial charge < -0.3 is 10.1 Å². The Morgan fingerprint density at radius 1 is 1.80 bits per heavy atom. The summed E-state index contributed by atoms with van der Waals surface area (Å²) in [6.07, 6.45) is 2.06. The molecule has 1 aromatic heterocycles. The van der Waals surface area contributed by atoms with E-state index in [0.717, 1.165) is 11.7 Å². The Labute approximate surface area is 97.4 Å². The predicted octanol–water partition coefficient (Wildman–Crippen LogP) is 2.09. The Bertz CT molecular complexity index is 328. The van der Waals surface area contributed by atoms with E-state index >= 15 is 0 Å². The lowest BCUT2D eigenvalue weighted by Crippen LogP contribution is -2.12. The third kappa shape index (κ3) is 3.71. The number of esters is 1. The number of thiazole rings is 1. The van der Waals surface area contributed by atoms with Gasteiger partial charge in [0.15, 0.2) is 10.8 Å². The van der Waals surface area contributed by atoms with Gasteiger partial charge in [0.25, 0.3) is 0 Å². The summed E-state index contributed by atoms with van der Waals surface area (Å²) >= 11 is 3.20. The van der Waals surface area contributed by atoms with Gasteiger partial charge in [0, 0.05) is 17.2 Å². The molecule has 0 aliphatic carbocycles. The molecule has 0 bridgehead atoms. The van der Waals surface area contributed by atoms with E-state index in [1.165, 1.54) is 18.4 Å². The Morgan fingerprint density at radius 2 is 2.53 bits per heavy atom. The number of rotatable bonds is 5. The van der Waals surface area contributed by atoms with E-state index in [0.29, 0.717) is 10.9 Å². The monoisotopic (exact) mass is 246 g/mol. The first-order valence-corrected chi connectivity index (χ1v) is 6.64. The Morgan fingerprint density at radius 3 is 3.13 bits per heavy atom. The molecule has 0 amide bonds. The zero-order valence-corrected chi connectivity index (χ0v) is 10.6. The third-order valence-corrected chi connectivity index (χ3v) is 3.61. The van der Waals surface area contributed by atoms with E-state index in [-0.39, 0.29) is 0 Å². The van der Waals surface area contributed by atoms with Crippen molar-refractivity contribution in [2.75, 3.05) is 25.2 Å². The minimum atomic E-state index is -0.391. The Hall–Kier alpha value is -0.750. The largest absolute Gasteiger partial charge is 0.464 e. The summed E-state index contributed by atoms with van der Waals surface area (Å²) in [5.41, 5.74) is 0.363. The van der Waals surface area contributed by atoms with Gasteiger partial charge >= 0.3 is 5.97 Å². The quantitative estimate of drug-likeness (QED) is 0.806. The van der Waals surface area contributed by atoms with Crippen LogP contribution in [-0.4, -0.2) is 36.1 Å². The number of ether oxygens (including phenoxy) is 1. The second-order valence-electron chi connectivity index (χ2n) is 2.96. The fourth-order valence-electron chi connectivity index (χ4n) is 0.868. The zero-order chi connectivity index (χ0) is 11.3. The Balaban J connectivity index is 2.49. The molecule has 0 spiro atoms. The first-order valence-electron chi connectivity index (χ1n) is 4.48. The molecule has 1 N–H and O–H groups in total. The molecular formula is C9H14N2O2S2. The maximum atomic E-state index is 11.1. The predicted molar refractivity (Wildman–Crippen MR) is 64.9 cm³/mol. The van der Waals surface area contributed by atoms with Crippen LogP contribution >= 0.6 is 23.1 Å². The molecule has 1 rings (SSSR count). The molecule has 0 saturated carbocycles. The summed E-state index contributed by atoms with van der Waals surface area (Å²) in [6, 6.07) is 0. The standard InChI is InChI=1S/C9H14N2O2S2/c1-6(14-3)4-10-9-11-7(5-15-9)8(12)13-2/h5-6H,4H2,1-3H3,(H,10,11). The van der Waals surface area contributed by atoms with Crippen LogP contribution in [-0.2, 0) is 4.74 Å². The number of carbonyl (C=O) groups excluding carboxylic acids is 1. The van der Waals surface area contributed by atoms with E-state index < -0.39 is 5.97 Å². The van der Waals surface area contributed by atoms with Crippen LogP contribution in [0.3, 0.4) is 0 Å². The summed E-state index contributed by atoms with van der Waals surface area (Å²) < 4.78 is 4.57. The lowest BCUT2D eigenvalue weighted by atomic mass is 10.5. The number of aromatic nitrogens is 1. The molecule has 0 radical (unpaired) electrons. The van der Waals surface area contributed by atoms with Gasteiger partial charge in [0.2, 0.25) is 0 Å². The second-order valence-corrected chi connectivity index (χ2v) is 5.09. The van der Waals surface area contributed by atoms with Crippen molar-refractivity contribution in [3.63, 3.8) is 0 Å². The second kappa shape index (κ2) is 5.97. The van der Waals surface area contributed by atoms with Crippen LogP contribution in [0.2, 0.25) is 0 Å². The van der Waals surface area contributed by atoms with Crippen molar-refractivity contribution in [1.82, 2.24) is 4.98 Å². The molecule has 6 heteroatoms. The highest BCUT2D eigenvalue weighted by Crippen LogP contribution is 2.16. The van der Waals surface area contributed by atoms with Crippen molar-refractivity contribution in [3.8, 4) is 0 Å². The van der Waals surface area contributed by atoms with Gasteiger partial charge in [-0.3, -0.25) is 0 Å². The van der Waals surface area contributed by atoms with Gasteiger partial charge in [-0.25, -0.2) is 9.78 Å². The summed E-state index contributed by atoms with van der Waals surface area (Å²) in [4.78, 5) is 15.2. The number of carbonyl (C=O) groups is 1. The molecule has 0 aliphatic rings. The average Bonchev–Trinajstić information content (AvgIpc) is 2.73. The van der Waals surface area contributed by atoms with Crippen molar-refractivity contribution in [2.24, 2.45) is 0 Å². The maximum Gasteiger partial charge on any atom is 0.357 e. The molecule has 1 unspecified atom stereocenters. The van der Waals surface area contributed by atoms with E-state index in [1.54, 1.807) is 17.1 Å². The minimum Gasteiger partial charge on any atom is -0.464 e. The first kappa shape index (κ1) is 12.3. The highest BCUT2D eigenvalue weighted by Gasteiger charge is 2.10. The van der Waals surface area contributed by atoms with Crippen molar-refractivity contribution < 1.29 is 9.53 Å². The van der Waals surface area contributed by atoms with Crippen LogP contribution in [0.5, 0.6) is 0 Å². The maximum absolute atomic E-state index is 11.1. The smallest absolute Gasteiger partial charge is 0.357 e. The number of methoxy groups -OCH3 is 1. The number of hydrogen-bond donors (Lipinski definition) is 1. The van der Waals surface area contributed by atoms with Crippen LogP contribution in [0.15, 0.2) is 5.38 Å². The normalized spacial score (nSPS) is 12.2. The summed E-state index contributed by atoms with van der Waals surface area (Å²) in [7, 11) is 1.35. The average molecular weight is 246 g/mol.